The average molecular weight is 396 g/mol. The Hall–Kier alpha value is -3.62. The molecule has 4 rings (SSSR count). The van der Waals surface area contributed by atoms with E-state index in [-0.39, 0.29) is 17.5 Å². The summed E-state index contributed by atoms with van der Waals surface area (Å²) in [7, 11) is 1.45. The minimum absolute atomic E-state index is 0.105. The van der Waals surface area contributed by atoms with Crippen molar-refractivity contribution in [2.24, 2.45) is 5.92 Å². The predicted octanol–water partition coefficient (Wildman–Crippen LogP) is 3.60. The number of nitro groups is 1. The van der Waals surface area contributed by atoms with Crippen molar-refractivity contribution in [3.8, 4) is 5.75 Å². The Labute approximate surface area is 166 Å². The summed E-state index contributed by atoms with van der Waals surface area (Å²) in [6.45, 7) is 1.27. The van der Waals surface area contributed by atoms with E-state index in [4.69, 9.17) is 9.15 Å². The maximum atomic E-state index is 12.7. The predicted molar refractivity (Wildman–Crippen MR) is 107 cm³/mol. The molecule has 2 aromatic carbocycles. The van der Waals surface area contributed by atoms with Crippen LogP contribution in [0.15, 0.2) is 46.9 Å². The van der Waals surface area contributed by atoms with E-state index in [1.807, 2.05) is 29.2 Å². The van der Waals surface area contributed by atoms with Gasteiger partial charge in [-0.2, -0.15) is 4.98 Å². The minimum atomic E-state index is -0.506. The number of anilines is 2. The first-order valence-corrected chi connectivity index (χ1v) is 9.29. The lowest BCUT2D eigenvalue weighted by Gasteiger charge is -2.30. The first-order valence-electron chi connectivity index (χ1n) is 9.29. The third kappa shape index (κ3) is 3.84. The molecule has 1 aromatic heterocycles. The summed E-state index contributed by atoms with van der Waals surface area (Å²) in [6.07, 6.45) is 1.25. The molecule has 9 heteroatoms. The number of amides is 1. The number of nitro benzene ring substituents is 1. The molecule has 1 N–H and O–H groups in total. The molecule has 1 saturated heterocycles. The molecule has 1 aliphatic rings. The summed E-state index contributed by atoms with van der Waals surface area (Å²) < 4.78 is 11.0. The van der Waals surface area contributed by atoms with E-state index in [1.54, 1.807) is 0 Å². The third-order valence-electron chi connectivity index (χ3n) is 5.07. The molecule has 29 heavy (non-hydrogen) atoms. The van der Waals surface area contributed by atoms with E-state index in [9.17, 15) is 14.9 Å². The van der Waals surface area contributed by atoms with Gasteiger partial charge in [0.1, 0.15) is 11.3 Å². The Bertz CT molecular complexity index is 1020. The van der Waals surface area contributed by atoms with Crippen molar-refractivity contribution in [3.63, 3.8) is 0 Å². The largest absolute Gasteiger partial charge is 0.495 e. The summed E-state index contributed by atoms with van der Waals surface area (Å²) in [5.74, 6) is -0.00604. The van der Waals surface area contributed by atoms with Gasteiger partial charge in [0, 0.05) is 31.1 Å². The Morgan fingerprint density at radius 3 is 2.72 bits per heavy atom. The lowest BCUT2D eigenvalue weighted by Crippen LogP contribution is -2.38. The average Bonchev–Trinajstić information content (AvgIpc) is 3.18. The van der Waals surface area contributed by atoms with E-state index in [2.05, 4.69) is 10.3 Å². The fourth-order valence-electron chi connectivity index (χ4n) is 3.47. The summed E-state index contributed by atoms with van der Waals surface area (Å²) >= 11 is 0. The van der Waals surface area contributed by atoms with Crippen LogP contribution in [0.1, 0.15) is 12.8 Å². The van der Waals surface area contributed by atoms with Crippen LogP contribution in [0.2, 0.25) is 0 Å². The van der Waals surface area contributed by atoms with Crippen LogP contribution >= 0.6 is 0 Å². The maximum Gasteiger partial charge on any atom is 0.298 e. The molecule has 2 heterocycles. The lowest BCUT2D eigenvalue weighted by molar-refractivity contribution is -0.384. The molecular weight excluding hydrogens is 376 g/mol. The van der Waals surface area contributed by atoms with E-state index < -0.39 is 4.92 Å². The Morgan fingerprint density at radius 2 is 2.03 bits per heavy atom. The number of para-hydroxylation sites is 2. The van der Waals surface area contributed by atoms with Crippen molar-refractivity contribution in [3.05, 3.63) is 52.6 Å². The van der Waals surface area contributed by atoms with E-state index in [1.165, 1.54) is 25.3 Å². The van der Waals surface area contributed by atoms with E-state index in [0.29, 0.717) is 43.4 Å². The number of benzene rings is 2. The number of nitrogens with one attached hydrogen (secondary N) is 1. The lowest BCUT2D eigenvalue weighted by atomic mass is 9.96. The number of rotatable bonds is 5. The van der Waals surface area contributed by atoms with Gasteiger partial charge in [-0.1, -0.05) is 12.1 Å². The van der Waals surface area contributed by atoms with Gasteiger partial charge in [0.25, 0.3) is 11.7 Å². The van der Waals surface area contributed by atoms with Gasteiger partial charge in [-0.05, 0) is 31.0 Å². The number of hydrogen-bond donors (Lipinski definition) is 1. The van der Waals surface area contributed by atoms with Crippen molar-refractivity contribution in [2.45, 2.75) is 12.8 Å². The number of ether oxygens (including phenoxy) is 1. The van der Waals surface area contributed by atoms with Gasteiger partial charge in [0.15, 0.2) is 5.58 Å². The van der Waals surface area contributed by atoms with Crippen molar-refractivity contribution < 1.29 is 18.9 Å². The van der Waals surface area contributed by atoms with Crippen LogP contribution in [0.4, 0.5) is 17.4 Å². The summed E-state index contributed by atoms with van der Waals surface area (Å²) in [4.78, 5) is 29.7. The highest BCUT2D eigenvalue weighted by Gasteiger charge is 2.28. The molecule has 3 aromatic rings. The van der Waals surface area contributed by atoms with Crippen molar-refractivity contribution in [2.75, 3.05) is 30.4 Å². The maximum absolute atomic E-state index is 12.7. The highest BCUT2D eigenvalue weighted by atomic mass is 16.6. The van der Waals surface area contributed by atoms with Crippen molar-refractivity contribution in [1.29, 1.82) is 0 Å². The smallest absolute Gasteiger partial charge is 0.298 e. The second-order valence-corrected chi connectivity index (χ2v) is 6.86. The van der Waals surface area contributed by atoms with Crippen LogP contribution in [0.5, 0.6) is 5.75 Å². The number of piperidine rings is 1. The summed E-state index contributed by atoms with van der Waals surface area (Å²) in [5.41, 5.74) is 1.74. The van der Waals surface area contributed by atoms with Gasteiger partial charge in [-0.15, -0.1) is 0 Å². The molecule has 1 amide bonds. The molecule has 0 unspecified atom stereocenters. The topological polar surface area (TPSA) is 111 Å². The van der Waals surface area contributed by atoms with Gasteiger partial charge >= 0.3 is 0 Å². The standard InChI is InChI=1S/C20H20N4O5/c1-28-17-7-6-14(24(26)27)12-16(17)21-19(25)13-8-10-23(11-9-13)20-22-15-4-2-3-5-18(15)29-20/h2-7,12-13H,8-11H2,1H3,(H,21,25). The highest BCUT2D eigenvalue weighted by molar-refractivity contribution is 5.94. The van der Waals surface area contributed by atoms with Crippen molar-refractivity contribution in [1.82, 2.24) is 4.98 Å². The molecule has 1 aliphatic heterocycles. The van der Waals surface area contributed by atoms with Crippen molar-refractivity contribution >= 4 is 34.4 Å². The second kappa shape index (κ2) is 7.78. The van der Waals surface area contributed by atoms with Crippen LogP contribution in [0.3, 0.4) is 0 Å². The van der Waals surface area contributed by atoms with Crippen LogP contribution in [0, 0.1) is 16.0 Å². The van der Waals surface area contributed by atoms with Gasteiger partial charge in [-0.25, -0.2) is 0 Å². The molecule has 0 spiro atoms. The number of non-ortho nitro benzene ring substituents is 1. The fraction of sp³-hybridized carbons (Fsp3) is 0.300. The van der Waals surface area contributed by atoms with Gasteiger partial charge in [0.05, 0.1) is 17.7 Å². The number of nitrogens with zero attached hydrogens (tertiary/aromatic N) is 3. The zero-order valence-electron chi connectivity index (χ0n) is 15.8. The number of hydrogen-bond acceptors (Lipinski definition) is 7. The van der Waals surface area contributed by atoms with Crippen LogP contribution in [-0.2, 0) is 4.79 Å². The highest BCUT2D eigenvalue weighted by Crippen LogP contribution is 2.31. The number of methoxy groups -OCH3 is 1. The molecule has 0 aliphatic carbocycles. The quantitative estimate of drug-likeness (QED) is 0.518. The summed E-state index contributed by atoms with van der Waals surface area (Å²) in [6, 6.07) is 12.3. The summed E-state index contributed by atoms with van der Waals surface area (Å²) in [5, 5.41) is 13.8. The van der Waals surface area contributed by atoms with E-state index >= 15 is 0 Å². The Morgan fingerprint density at radius 1 is 1.28 bits per heavy atom. The molecule has 0 atom stereocenters. The number of aromatic nitrogens is 1. The number of carbonyl (C=O) groups is 1. The van der Waals surface area contributed by atoms with Gasteiger partial charge in [-0.3, -0.25) is 14.9 Å². The zero-order chi connectivity index (χ0) is 20.4. The zero-order valence-corrected chi connectivity index (χ0v) is 15.8. The molecule has 1 fully saturated rings. The number of carbonyl (C=O) groups excluding carboxylic acids is 1. The van der Waals surface area contributed by atoms with Crippen LogP contribution in [0.25, 0.3) is 11.1 Å². The molecule has 0 bridgehead atoms. The SMILES string of the molecule is COc1ccc([N+](=O)[O-])cc1NC(=O)C1CCN(c2nc3ccccc3o2)CC1. The molecule has 9 nitrogen and oxygen atoms in total. The van der Waals surface area contributed by atoms with Crippen LogP contribution in [-0.4, -0.2) is 36.0 Å². The first-order chi connectivity index (χ1) is 14.0. The Balaban J connectivity index is 1.41. The Kier molecular flexibility index (Phi) is 5.03. The third-order valence-corrected chi connectivity index (χ3v) is 5.07. The van der Waals surface area contributed by atoms with Gasteiger partial charge in [0.2, 0.25) is 5.91 Å². The molecule has 0 saturated carbocycles. The van der Waals surface area contributed by atoms with E-state index in [0.717, 1.165) is 11.1 Å². The van der Waals surface area contributed by atoms with Crippen LogP contribution < -0.4 is 15.0 Å². The monoisotopic (exact) mass is 396 g/mol. The second-order valence-electron chi connectivity index (χ2n) is 6.86. The molecule has 150 valence electrons. The molecular formula is C20H20N4O5. The molecule has 0 radical (unpaired) electrons. The van der Waals surface area contributed by atoms with Gasteiger partial charge < -0.3 is 19.4 Å². The number of fused-ring (bicyclic) bond motifs is 1. The first kappa shape index (κ1) is 18.7. The fourth-order valence-corrected chi connectivity index (χ4v) is 3.47. The normalized spacial score (nSPS) is 14.7. The number of oxazole rings is 1. The minimum Gasteiger partial charge on any atom is -0.495 e.